The van der Waals surface area contributed by atoms with Crippen molar-refractivity contribution in [2.45, 2.75) is 19.9 Å². The lowest BCUT2D eigenvalue weighted by Crippen LogP contribution is -2.39. The van der Waals surface area contributed by atoms with Crippen molar-refractivity contribution in [3.63, 3.8) is 0 Å². The first kappa shape index (κ1) is 10.2. The van der Waals surface area contributed by atoms with Crippen molar-refractivity contribution in [2.24, 2.45) is 5.92 Å². The highest BCUT2D eigenvalue weighted by atomic mass is 15.1. The van der Waals surface area contributed by atoms with E-state index in [2.05, 4.69) is 24.1 Å². The zero-order valence-corrected chi connectivity index (χ0v) is 7.76. The molecular weight excluding hydrogens is 138 g/mol. The summed E-state index contributed by atoms with van der Waals surface area (Å²) in [6, 6.07) is 0.273. The molecule has 64 valence electrons. The summed E-state index contributed by atoms with van der Waals surface area (Å²) < 4.78 is 0. The van der Waals surface area contributed by atoms with E-state index in [9.17, 15) is 0 Å². The van der Waals surface area contributed by atoms with Gasteiger partial charge in [0.15, 0.2) is 6.19 Å². The van der Waals surface area contributed by atoms with Crippen molar-refractivity contribution in [1.82, 2.24) is 10.2 Å². The molecule has 0 heterocycles. The van der Waals surface area contributed by atoms with Crippen LogP contribution in [0.2, 0.25) is 0 Å². The fraction of sp³-hybridized carbons (Fsp3) is 0.875. The molecule has 0 bridgehead atoms. The van der Waals surface area contributed by atoms with Crippen LogP contribution in [0.25, 0.3) is 0 Å². The van der Waals surface area contributed by atoms with E-state index in [1.807, 2.05) is 20.3 Å². The van der Waals surface area contributed by atoms with E-state index in [4.69, 9.17) is 5.26 Å². The summed E-state index contributed by atoms with van der Waals surface area (Å²) in [5.41, 5.74) is 0. The van der Waals surface area contributed by atoms with Gasteiger partial charge in [-0.2, -0.15) is 5.26 Å². The smallest absolute Gasteiger partial charge is 0.176 e. The second-order valence-corrected chi connectivity index (χ2v) is 3.37. The van der Waals surface area contributed by atoms with Gasteiger partial charge in [0.05, 0.1) is 6.04 Å². The first-order valence-corrected chi connectivity index (χ1v) is 3.87. The fourth-order valence-electron chi connectivity index (χ4n) is 0.899. The van der Waals surface area contributed by atoms with Gasteiger partial charge in [-0.25, -0.2) is 0 Å². The van der Waals surface area contributed by atoms with E-state index in [0.717, 1.165) is 6.54 Å². The Morgan fingerprint density at radius 2 is 2.00 bits per heavy atom. The van der Waals surface area contributed by atoms with E-state index < -0.39 is 0 Å². The van der Waals surface area contributed by atoms with Crippen LogP contribution < -0.4 is 5.32 Å². The van der Waals surface area contributed by atoms with Gasteiger partial charge in [-0.15, -0.1) is 0 Å². The molecule has 0 spiro atoms. The number of hydrogen-bond donors (Lipinski definition) is 1. The van der Waals surface area contributed by atoms with E-state index >= 15 is 0 Å². The molecule has 3 heteroatoms. The third-order valence-corrected chi connectivity index (χ3v) is 1.62. The zero-order valence-electron chi connectivity index (χ0n) is 7.76. The summed E-state index contributed by atoms with van der Waals surface area (Å²) in [6.07, 6.45) is 1.98. The topological polar surface area (TPSA) is 39.1 Å². The monoisotopic (exact) mass is 155 g/mol. The molecule has 11 heavy (non-hydrogen) atoms. The van der Waals surface area contributed by atoms with E-state index in [0.29, 0.717) is 5.92 Å². The first-order valence-electron chi connectivity index (χ1n) is 3.87. The molecule has 0 aliphatic carbocycles. The first-order chi connectivity index (χ1) is 5.07. The molecule has 0 fully saturated rings. The number of nitrogens with one attached hydrogen (secondary N) is 1. The molecule has 1 atom stereocenters. The van der Waals surface area contributed by atoms with Crippen LogP contribution in [0.3, 0.4) is 0 Å². The minimum absolute atomic E-state index is 0.273. The Morgan fingerprint density at radius 3 is 2.27 bits per heavy atom. The van der Waals surface area contributed by atoms with Gasteiger partial charge in [0.25, 0.3) is 0 Å². The maximum absolute atomic E-state index is 8.42. The summed E-state index contributed by atoms with van der Waals surface area (Å²) in [7, 11) is 4.02. The number of likely N-dealkylation sites (N-methyl/N-ethyl adjacent to an activating group) is 1. The van der Waals surface area contributed by atoms with Gasteiger partial charge < -0.3 is 10.2 Å². The lowest BCUT2D eigenvalue weighted by Gasteiger charge is -2.22. The Morgan fingerprint density at radius 1 is 1.45 bits per heavy atom. The van der Waals surface area contributed by atoms with E-state index in [1.165, 1.54) is 0 Å². The van der Waals surface area contributed by atoms with Gasteiger partial charge in [0.2, 0.25) is 0 Å². The Kier molecular flexibility index (Phi) is 4.64. The average Bonchev–Trinajstić information content (AvgIpc) is 1.86. The van der Waals surface area contributed by atoms with Gasteiger partial charge in [-0.1, -0.05) is 13.8 Å². The van der Waals surface area contributed by atoms with Gasteiger partial charge in [-0.05, 0) is 20.0 Å². The van der Waals surface area contributed by atoms with Gasteiger partial charge in [0, 0.05) is 6.54 Å². The molecular formula is C8H17N3. The SMILES string of the molecule is CC(C)[C@@H](CN(C)C)NC#N. The van der Waals surface area contributed by atoms with Crippen LogP contribution in [-0.4, -0.2) is 31.6 Å². The summed E-state index contributed by atoms with van der Waals surface area (Å²) in [5, 5.41) is 11.2. The highest BCUT2D eigenvalue weighted by Crippen LogP contribution is 2.01. The lowest BCUT2D eigenvalue weighted by atomic mass is 10.0. The Bertz CT molecular complexity index is 135. The van der Waals surface area contributed by atoms with E-state index in [1.54, 1.807) is 0 Å². The molecule has 0 radical (unpaired) electrons. The lowest BCUT2D eigenvalue weighted by molar-refractivity contribution is 0.309. The molecule has 1 N–H and O–H groups in total. The van der Waals surface area contributed by atoms with Crippen LogP contribution in [0.5, 0.6) is 0 Å². The van der Waals surface area contributed by atoms with Crippen LogP contribution >= 0.6 is 0 Å². The number of nitrogens with zero attached hydrogens (tertiary/aromatic N) is 2. The Balaban J connectivity index is 3.81. The Hall–Kier alpha value is -0.750. The highest BCUT2D eigenvalue weighted by molar-refractivity contribution is 4.80. The minimum atomic E-state index is 0.273. The second-order valence-electron chi connectivity index (χ2n) is 3.37. The molecule has 0 unspecified atom stereocenters. The fourth-order valence-corrected chi connectivity index (χ4v) is 0.899. The van der Waals surface area contributed by atoms with Crippen LogP contribution in [0.1, 0.15) is 13.8 Å². The number of hydrogen-bond acceptors (Lipinski definition) is 3. The molecule has 3 nitrogen and oxygen atoms in total. The summed E-state index contributed by atoms with van der Waals surface area (Å²) in [4.78, 5) is 2.08. The van der Waals surface area contributed by atoms with Crippen LogP contribution in [-0.2, 0) is 0 Å². The predicted molar refractivity (Wildman–Crippen MR) is 45.9 cm³/mol. The van der Waals surface area contributed by atoms with Crippen molar-refractivity contribution in [1.29, 1.82) is 5.26 Å². The number of nitriles is 1. The molecule has 0 saturated carbocycles. The molecule has 0 aliphatic heterocycles. The second kappa shape index (κ2) is 4.97. The highest BCUT2D eigenvalue weighted by Gasteiger charge is 2.12. The largest absolute Gasteiger partial charge is 0.319 e. The van der Waals surface area contributed by atoms with E-state index in [-0.39, 0.29) is 6.04 Å². The number of rotatable bonds is 4. The minimum Gasteiger partial charge on any atom is -0.319 e. The van der Waals surface area contributed by atoms with Crippen molar-refractivity contribution in [3.8, 4) is 6.19 Å². The van der Waals surface area contributed by atoms with Crippen LogP contribution in [0.4, 0.5) is 0 Å². The van der Waals surface area contributed by atoms with Crippen molar-refractivity contribution in [2.75, 3.05) is 20.6 Å². The van der Waals surface area contributed by atoms with Crippen molar-refractivity contribution >= 4 is 0 Å². The quantitative estimate of drug-likeness (QED) is 0.478. The summed E-state index contributed by atoms with van der Waals surface area (Å²) >= 11 is 0. The molecule has 0 saturated heterocycles. The zero-order chi connectivity index (χ0) is 8.85. The maximum atomic E-state index is 8.42. The van der Waals surface area contributed by atoms with Crippen molar-refractivity contribution < 1.29 is 0 Å². The molecule has 0 aliphatic rings. The van der Waals surface area contributed by atoms with Gasteiger partial charge in [-0.3, -0.25) is 0 Å². The normalized spacial score (nSPS) is 13.2. The summed E-state index contributed by atoms with van der Waals surface area (Å²) in [5.74, 6) is 0.497. The maximum Gasteiger partial charge on any atom is 0.176 e. The molecule has 0 amide bonds. The van der Waals surface area contributed by atoms with Crippen LogP contribution in [0.15, 0.2) is 0 Å². The average molecular weight is 155 g/mol. The van der Waals surface area contributed by atoms with Gasteiger partial charge >= 0.3 is 0 Å². The summed E-state index contributed by atoms with van der Waals surface area (Å²) in [6.45, 7) is 5.13. The van der Waals surface area contributed by atoms with Gasteiger partial charge in [0.1, 0.15) is 0 Å². The molecule has 0 aromatic carbocycles. The third kappa shape index (κ3) is 4.63. The van der Waals surface area contributed by atoms with Crippen LogP contribution in [0, 0.1) is 17.4 Å². The Labute approximate surface area is 69.0 Å². The molecule has 0 aromatic rings. The molecule has 0 aromatic heterocycles. The standard InChI is InChI=1S/C8H17N3/c1-7(2)8(10-6-9)5-11(3)4/h7-8,10H,5H2,1-4H3/t8-/m1/s1. The third-order valence-electron chi connectivity index (χ3n) is 1.62. The van der Waals surface area contributed by atoms with Crippen molar-refractivity contribution in [3.05, 3.63) is 0 Å². The predicted octanol–water partition coefficient (Wildman–Crippen LogP) is 0.643. The molecule has 0 rings (SSSR count).